The highest BCUT2D eigenvalue weighted by Crippen LogP contribution is 2.45. The smallest absolute Gasteiger partial charge is 0.314 e. The topological polar surface area (TPSA) is 66.8 Å². The number of hydrogen-bond acceptors (Lipinski definition) is 3. The van der Waals surface area contributed by atoms with Crippen LogP contribution in [0, 0.1) is 19.3 Å². The first-order valence-corrected chi connectivity index (χ1v) is 6.70. The number of hydrogen-bond donors (Lipinski definition) is 1. The van der Waals surface area contributed by atoms with Gasteiger partial charge in [-0.1, -0.05) is 18.2 Å². The van der Waals surface area contributed by atoms with E-state index in [1.54, 1.807) is 4.90 Å². The first kappa shape index (κ1) is 13.1. The van der Waals surface area contributed by atoms with E-state index in [-0.39, 0.29) is 12.5 Å². The van der Waals surface area contributed by atoms with Crippen LogP contribution in [0.3, 0.4) is 0 Å². The van der Waals surface area contributed by atoms with Crippen LogP contribution in [-0.2, 0) is 14.3 Å². The van der Waals surface area contributed by atoms with E-state index in [2.05, 4.69) is 0 Å². The number of aliphatic carboxylic acids is 1. The van der Waals surface area contributed by atoms with E-state index in [1.165, 1.54) is 0 Å². The number of carboxylic acids is 1. The number of fused-ring (bicyclic) bond motifs is 1. The number of rotatable bonds is 2. The standard InChI is InChI=1S/C15H17NO4/c1-9-4-3-5-10(2)11(9)16-8-15(14(18)19)6-7-20-12(15)13(16)17/h3-5,12H,6-8H2,1-2H3,(H,18,19). The Bertz CT molecular complexity index is 577. The summed E-state index contributed by atoms with van der Waals surface area (Å²) in [5.41, 5.74) is 1.67. The van der Waals surface area contributed by atoms with Gasteiger partial charge in [0.2, 0.25) is 0 Å². The Morgan fingerprint density at radius 2 is 2.05 bits per heavy atom. The fourth-order valence-corrected chi connectivity index (χ4v) is 3.33. The third kappa shape index (κ3) is 1.59. The molecule has 1 aromatic rings. The lowest BCUT2D eigenvalue weighted by atomic mass is 9.83. The van der Waals surface area contributed by atoms with Crippen LogP contribution in [0.25, 0.3) is 0 Å². The summed E-state index contributed by atoms with van der Waals surface area (Å²) in [6.45, 7) is 4.39. The van der Waals surface area contributed by atoms with Crippen LogP contribution in [0.15, 0.2) is 18.2 Å². The predicted molar refractivity (Wildman–Crippen MR) is 72.7 cm³/mol. The van der Waals surface area contributed by atoms with Gasteiger partial charge in [0, 0.05) is 18.8 Å². The second-order valence-electron chi connectivity index (χ2n) is 5.63. The van der Waals surface area contributed by atoms with E-state index < -0.39 is 17.5 Å². The highest BCUT2D eigenvalue weighted by Gasteiger charge is 2.61. The van der Waals surface area contributed by atoms with Gasteiger partial charge in [0.05, 0.1) is 0 Å². The number of ether oxygens (including phenoxy) is 1. The minimum absolute atomic E-state index is 0.192. The molecule has 20 heavy (non-hydrogen) atoms. The van der Waals surface area contributed by atoms with E-state index in [1.807, 2.05) is 32.0 Å². The molecular weight excluding hydrogens is 258 g/mol. The van der Waals surface area contributed by atoms with Crippen molar-refractivity contribution in [3.05, 3.63) is 29.3 Å². The molecule has 0 aliphatic carbocycles. The summed E-state index contributed by atoms with van der Waals surface area (Å²) in [6.07, 6.45) is -0.459. The van der Waals surface area contributed by atoms with E-state index in [4.69, 9.17) is 4.74 Å². The van der Waals surface area contributed by atoms with Crippen LogP contribution in [0.4, 0.5) is 5.69 Å². The number of carboxylic acid groups (broad SMARTS) is 1. The number of carbonyl (C=O) groups is 2. The van der Waals surface area contributed by atoms with Crippen LogP contribution < -0.4 is 4.90 Å². The molecule has 2 atom stereocenters. The van der Waals surface area contributed by atoms with Gasteiger partial charge in [-0.05, 0) is 31.4 Å². The first-order valence-electron chi connectivity index (χ1n) is 6.70. The second-order valence-corrected chi connectivity index (χ2v) is 5.63. The van der Waals surface area contributed by atoms with Gasteiger partial charge in [-0.15, -0.1) is 0 Å². The predicted octanol–water partition coefficient (Wildman–Crippen LogP) is 1.51. The molecule has 2 aliphatic heterocycles. The Morgan fingerprint density at radius 1 is 1.40 bits per heavy atom. The number of aryl methyl sites for hydroxylation is 2. The molecule has 0 spiro atoms. The number of anilines is 1. The number of nitrogens with zero attached hydrogens (tertiary/aromatic N) is 1. The molecule has 1 N–H and O–H groups in total. The summed E-state index contributed by atoms with van der Waals surface area (Å²) in [5.74, 6) is -1.18. The lowest BCUT2D eigenvalue weighted by molar-refractivity contribution is -0.152. The van der Waals surface area contributed by atoms with Crippen molar-refractivity contribution in [2.24, 2.45) is 5.41 Å². The van der Waals surface area contributed by atoms with Crippen molar-refractivity contribution >= 4 is 17.6 Å². The molecule has 2 saturated heterocycles. The first-order chi connectivity index (χ1) is 9.47. The van der Waals surface area contributed by atoms with Crippen molar-refractivity contribution in [2.75, 3.05) is 18.1 Å². The van der Waals surface area contributed by atoms with Crippen molar-refractivity contribution in [3.8, 4) is 0 Å². The average molecular weight is 275 g/mol. The molecule has 5 heteroatoms. The minimum atomic E-state index is -1.09. The normalized spacial score (nSPS) is 28.8. The van der Waals surface area contributed by atoms with Gasteiger partial charge in [0.1, 0.15) is 5.41 Å². The highest BCUT2D eigenvalue weighted by molar-refractivity contribution is 6.05. The Kier molecular flexibility index (Phi) is 2.83. The molecule has 0 aromatic heterocycles. The third-order valence-corrected chi connectivity index (χ3v) is 4.40. The Morgan fingerprint density at radius 3 is 2.60 bits per heavy atom. The van der Waals surface area contributed by atoms with Crippen molar-refractivity contribution < 1.29 is 19.4 Å². The van der Waals surface area contributed by atoms with Gasteiger partial charge in [0.25, 0.3) is 5.91 Å². The van der Waals surface area contributed by atoms with Gasteiger partial charge in [-0.2, -0.15) is 0 Å². The van der Waals surface area contributed by atoms with E-state index in [0.717, 1.165) is 16.8 Å². The Balaban J connectivity index is 2.06. The van der Waals surface area contributed by atoms with E-state index in [0.29, 0.717) is 13.0 Å². The van der Waals surface area contributed by atoms with Crippen molar-refractivity contribution in [1.82, 2.24) is 0 Å². The maximum absolute atomic E-state index is 12.5. The molecule has 1 aromatic carbocycles. The fraction of sp³-hybridized carbons (Fsp3) is 0.467. The summed E-state index contributed by atoms with van der Waals surface area (Å²) in [5, 5.41) is 9.54. The quantitative estimate of drug-likeness (QED) is 0.888. The second kappa shape index (κ2) is 4.31. The molecule has 0 saturated carbocycles. The molecule has 3 rings (SSSR count). The van der Waals surface area contributed by atoms with Crippen LogP contribution >= 0.6 is 0 Å². The summed E-state index contributed by atoms with van der Waals surface area (Å²) in [4.78, 5) is 25.8. The zero-order valence-electron chi connectivity index (χ0n) is 11.5. The molecule has 106 valence electrons. The molecule has 2 aliphatic rings. The van der Waals surface area contributed by atoms with Crippen molar-refractivity contribution in [3.63, 3.8) is 0 Å². The summed E-state index contributed by atoms with van der Waals surface area (Å²) >= 11 is 0. The van der Waals surface area contributed by atoms with Gasteiger partial charge >= 0.3 is 5.97 Å². The van der Waals surface area contributed by atoms with Gasteiger partial charge in [-0.25, -0.2) is 0 Å². The number of para-hydroxylation sites is 1. The lowest BCUT2D eigenvalue weighted by Gasteiger charge is -2.24. The average Bonchev–Trinajstić information content (AvgIpc) is 2.91. The molecule has 1 amide bonds. The molecule has 2 unspecified atom stereocenters. The molecule has 2 fully saturated rings. The number of amides is 1. The van der Waals surface area contributed by atoms with Gasteiger partial charge < -0.3 is 14.7 Å². The van der Waals surface area contributed by atoms with Crippen LogP contribution in [0.5, 0.6) is 0 Å². The summed E-state index contributed by atoms with van der Waals surface area (Å²) < 4.78 is 5.41. The third-order valence-electron chi connectivity index (χ3n) is 4.40. The Hall–Kier alpha value is -1.88. The minimum Gasteiger partial charge on any atom is -0.481 e. The fourth-order valence-electron chi connectivity index (χ4n) is 3.33. The maximum Gasteiger partial charge on any atom is 0.314 e. The SMILES string of the molecule is Cc1cccc(C)c1N1CC2(C(=O)O)CCOC2C1=O. The zero-order chi connectivity index (χ0) is 14.5. The number of benzene rings is 1. The van der Waals surface area contributed by atoms with E-state index in [9.17, 15) is 14.7 Å². The monoisotopic (exact) mass is 275 g/mol. The zero-order valence-corrected chi connectivity index (χ0v) is 11.5. The maximum atomic E-state index is 12.5. The van der Waals surface area contributed by atoms with Gasteiger partial charge in [0.15, 0.2) is 6.10 Å². The number of carbonyl (C=O) groups excluding carboxylic acids is 1. The molecule has 2 heterocycles. The van der Waals surface area contributed by atoms with Gasteiger partial charge in [-0.3, -0.25) is 9.59 Å². The van der Waals surface area contributed by atoms with Crippen LogP contribution in [0.1, 0.15) is 17.5 Å². The van der Waals surface area contributed by atoms with Crippen LogP contribution in [0.2, 0.25) is 0 Å². The highest BCUT2D eigenvalue weighted by atomic mass is 16.5. The van der Waals surface area contributed by atoms with E-state index >= 15 is 0 Å². The van der Waals surface area contributed by atoms with Crippen molar-refractivity contribution in [2.45, 2.75) is 26.4 Å². The summed E-state index contributed by atoms with van der Waals surface area (Å²) in [7, 11) is 0. The molecule has 5 nitrogen and oxygen atoms in total. The summed E-state index contributed by atoms with van der Waals surface area (Å²) in [6, 6.07) is 5.79. The molecular formula is C15H17NO4. The van der Waals surface area contributed by atoms with Crippen molar-refractivity contribution in [1.29, 1.82) is 0 Å². The van der Waals surface area contributed by atoms with Crippen LogP contribution in [-0.4, -0.2) is 36.2 Å². The largest absolute Gasteiger partial charge is 0.481 e. The molecule has 0 radical (unpaired) electrons. The molecule has 0 bridgehead atoms. The Labute approximate surface area is 117 Å². The lowest BCUT2D eigenvalue weighted by Crippen LogP contribution is -2.39.